The van der Waals surface area contributed by atoms with Crippen LogP contribution in [0.3, 0.4) is 0 Å². The van der Waals surface area contributed by atoms with Crippen molar-refractivity contribution >= 4 is 0 Å². The van der Waals surface area contributed by atoms with Crippen molar-refractivity contribution in [3.63, 3.8) is 0 Å². The Morgan fingerprint density at radius 3 is 2.00 bits per heavy atom. The van der Waals surface area contributed by atoms with Gasteiger partial charge in [-0.05, 0) is 6.92 Å². The number of aliphatic hydroxyl groups excluding tert-OH is 5. The lowest BCUT2D eigenvalue weighted by atomic mass is 9.96. The molecule has 0 aliphatic carbocycles. The lowest BCUT2D eigenvalue weighted by Gasteiger charge is -2.39. The minimum atomic E-state index is -1.59. The molecule has 6 atom stereocenters. The summed E-state index contributed by atoms with van der Waals surface area (Å²) in [5.41, 5.74) is 0. The molecule has 1 aliphatic heterocycles. The summed E-state index contributed by atoms with van der Waals surface area (Å²) in [5, 5.41) is 45.6. The second-order valence-electron chi connectivity index (χ2n) is 3.20. The van der Waals surface area contributed by atoms with Crippen LogP contribution >= 0.6 is 0 Å². The van der Waals surface area contributed by atoms with Crippen LogP contribution in [0.4, 0.5) is 0 Å². The van der Waals surface area contributed by atoms with E-state index in [1.165, 1.54) is 6.92 Å². The van der Waals surface area contributed by atoms with Crippen LogP contribution in [0.25, 0.3) is 0 Å². The predicted molar refractivity (Wildman–Crippen MR) is 40.6 cm³/mol. The molecule has 1 heterocycles. The second kappa shape index (κ2) is 3.87. The standard InChI is InChI=1S/C7H14O6/c1-2(8)6-4(10)3(9)5(11)7(12)13-6/h2-12H,1H3/t2-,3-,4-,5+,6+,7?/m0/s1. The van der Waals surface area contributed by atoms with Crippen LogP contribution in [-0.2, 0) is 4.74 Å². The van der Waals surface area contributed by atoms with Crippen molar-refractivity contribution in [1.29, 1.82) is 0 Å². The van der Waals surface area contributed by atoms with Crippen molar-refractivity contribution in [2.75, 3.05) is 0 Å². The van der Waals surface area contributed by atoms with Gasteiger partial charge < -0.3 is 30.3 Å². The van der Waals surface area contributed by atoms with Crippen molar-refractivity contribution in [2.24, 2.45) is 0 Å². The lowest BCUT2D eigenvalue weighted by Crippen LogP contribution is -2.60. The van der Waals surface area contributed by atoms with Crippen LogP contribution in [0.15, 0.2) is 0 Å². The Balaban J connectivity index is 2.70. The minimum Gasteiger partial charge on any atom is -0.391 e. The van der Waals surface area contributed by atoms with E-state index in [9.17, 15) is 10.2 Å². The van der Waals surface area contributed by atoms with Gasteiger partial charge in [0.15, 0.2) is 6.29 Å². The molecule has 0 radical (unpaired) electrons. The first-order chi connectivity index (χ1) is 5.95. The zero-order valence-corrected chi connectivity index (χ0v) is 7.11. The molecule has 13 heavy (non-hydrogen) atoms. The van der Waals surface area contributed by atoms with Gasteiger partial charge in [-0.1, -0.05) is 0 Å². The number of aliphatic hydroxyl groups is 5. The van der Waals surface area contributed by atoms with Crippen molar-refractivity contribution < 1.29 is 30.3 Å². The third-order valence-corrected chi connectivity index (χ3v) is 2.10. The molecule has 78 valence electrons. The molecule has 0 aromatic heterocycles. The van der Waals surface area contributed by atoms with Gasteiger partial charge in [-0.2, -0.15) is 0 Å². The predicted octanol–water partition coefficient (Wildman–Crippen LogP) is -2.83. The Labute approximate surface area is 75.0 Å². The molecule has 6 nitrogen and oxygen atoms in total. The number of hydrogen-bond donors (Lipinski definition) is 5. The minimum absolute atomic E-state index is 1.04. The van der Waals surface area contributed by atoms with Gasteiger partial charge in [-0.25, -0.2) is 0 Å². The first-order valence-corrected chi connectivity index (χ1v) is 4.01. The average molecular weight is 194 g/mol. The van der Waals surface area contributed by atoms with E-state index in [1.807, 2.05) is 0 Å². The molecule has 1 fully saturated rings. The van der Waals surface area contributed by atoms with Gasteiger partial charge in [0.1, 0.15) is 24.4 Å². The maximum atomic E-state index is 9.29. The van der Waals surface area contributed by atoms with Crippen molar-refractivity contribution in [1.82, 2.24) is 0 Å². The molecule has 0 aromatic rings. The summed E-state index contributed by atoms with van der Waals surface area (Å²) in [6.07, 6.45) is -8.18. The van der Waals surface area contributed by atoms with Gasteiger partial charge in [0.25, 0.3) is 0 Å². The van der Waals surface area contributed by atoms with Gasteiger partial charge in [0.2, 0.25) is 0 Å². The summed E-state index contributed by atoms with van der Waals surface area (Å²) >= 11 is 0. The van der Waals surface area contributed by atoms with Crippen molar-refractivity contribution in [3.05, 3.63) is 0 Å². The third kappa shape index (κ3) is 1.98. The fourth-order valence-corrected chi connectivity index (χ4v) is 1.29. The van der Waals surface area contributed by atoms with Crippen LogP contribution in [0, 0.1) is 0 Å². The maximum absolute atomic E-state index is 9.29. The lowest BCUT2D eigenvalue weighted by molar-refractivity contribution is -0.295. The molecule has 0 amide bonds. The smallest absolute Gasteiger partial charge is 0.184 e. The molecule has 0 bridgehead atoms. The van der Waals surface area contributed by atoms with E-state index in [0.29, 0.717) is 0 Å². The molecule has 5 N–H and O–H groups in total. The van der Waals surface area contributed by atoms with Crippen LogP contribution in [-0.4, -0.2) is 62.3 Å². The summed E-state index contributed by atoms with van der Waals surface area (Å²) in [7, 11) is 0. The zero-order valence-electron chi connectivity index (χ0n) is 7.11. The number of hydrogen-bond acceptors (Lipinski definition) is 6. The highest BCUT2D eigenvalue weighted by molar-refractivity contribution is 4.90. The summed E-state index contributed by atoms with van der Waals surface area (Å²) in [4.78, 5) is 0. The summed E-state index contributed by atoms with van der Waals surface area (Å²) < 4.78 is 4.69. The van der Waals surface area contributed by atoms with E-state index in [0.717, 1.165) is 0 Å². The summed E-state index contributed by atoms with van der Waals surface area (Å²) in [6.45, 7) is 1.35. The molecular weight excluding hydrogens is 180 g/mol. The van der Waals surface area contributed by atoms with Gasteiger partial charge in [-0.3, -0.25) is 0 Å². The molecule has 1 rings (SSSR count). The molecular formula is C7H14O6. The Morgan fingerprint density at radius 2 is 1.54 bits per heavy atom. The highest BCUT2D eigenvalue weighted by atomic mass is 16.6. The quantitative estimate of drug-likeness (QED) is 0.308. The Hall–Kier alpha value is -0.240. The highest BCUT2D eigenvalue weighted by Gasteiger charge is 2.44. The van der Waals surface area contributed by atoms with Crippen LogP contribution in [0.2, 0.25) is 0 Å². The maximum Gasteiger partial charge on any atom is 0.184 e. The van der Waals surface area contributed by atoms with E-state index < -0.39 is 36.8 Å². The summed E-state index contributed by atoms with van der Waals surface area (Å²) in [5.74, 6) is 0. The molecule has 6 heteroatoms. The molecule has 1 saturated heterocycles. The van der Waals surface area contributed by atoms with Gasteiger partial charge in [0, 0.05) is 0 Å². The monoisotopic (exact) mass is 194 g/mol. The molecule has 0 spiro atoms. The SMILES string of the molecule is C[C@H](O)[C@H]1OC(O)[C@H](O)[C@@H](O)[C@@H]1O. The molecule has 0 aromatic carbocycles. The van der Waals surface area contributed by atoms with E-state index >= 15 is 0 Å². The van der Waals surface area contributed by atoms with Crippen molar-refractivity contribution in [3.8, 4) is 0 Å². The summed E-state index contributed by atoms with van der Waals surface area (Å²) in [6, 6.07) is 0. The highest BCUT2D eigenvalue weighted by Crippen LogP contribution is 2.21. The second-order valence-corrected chi connectivity index (χ2v) is 3.20. The largest absolute Gasteiger partial charge is 0.391 e. The van der Waals surface area contributed by atoms with Crippen molar-refractivity contribution in [2.45, 2.75) is 43.7 Å². The average Bonchev–Trinajstić information content (AvgIpc) is 2.07. The van der Waals surface area contributed by atoms with Gasteiger partial charge in [-0.15, -0.1) is 0 Å². The molecule has 0 saturated carbocycles. The van der Waals surface area contributed by atoms with Crippen LogP contribution in [0.1, 0.15) is 6.92 Å². The van der Waals surface area contributed by atoms with E-state index in [2.05, 4.69) is 4.74 Å². The first kappa shape index (κ1) is 10.8. The fourth-order valence-electron chi connectivity index (χ4n) is 1.29. The van der Waals surface area contributed by atoms with Crippen LogP contribution in [0.5, 0.6) is 0 Å². The normalized spacial score (nSPS) is 48.9. The number of ether oxygens (including phenoxy) is 1. The Bertz CT molecular complexity index is 172. The number of rotatable bonds is 1. The fraction of sp³-hybridized carbons (Fsp3) is 1.00. The first-order valence-electron chi connectivity index (χ1n) is 4.01. The zero-order chi connectivity index (χ0) is 10.2. The Morgan fingerprint density at radius 1 is 1.00 bits per heavy atom. The topological polar surface area (TPSA) is 110 Å². The third-order valence-electron chi connectivity index (χ3n) is 2.10. The van der Waals surface area contributed by atoms with Gasteiger partial charge >= 0.3 is 0 Å². The Kier molecular flexibility index (Phi) is 3.23. The van der Waals surface area contributed by atoms with E-state index in [-0.39, 0.29) is 0 Å². The van der Waals surface area contributed by atoms with Gasteiger partial charge in [0.05, 0.1) is 6.10 Å². The van der Waals surface area contributed by atoms with Crippen LogP contribution < -0.4 is 0 Å². The van der Waals surface area contributed by atoms with E-state index in [1.54, 1.807) is 0 Å². The molecule has 1 aliphatic rings. The molecule has 1 unspecified atom stereocenters. The van der Waals surface area contributed by atoms with E-state index in [4.69, 9.17) is 15.3 Å².